The summed E-state index contributed by atoms with van der Waals surface area (Å²) >= 11 is 0. The summed E-state index contributed by atoms with van der Waals surface area (Å²) in [6.45, 7) is 3.07. The summed E-state index contributed by atoms with van der Waals surface area (Å²) in [4.78, 5) is 10.9. The molecule has 0 N–H and O–H groups in total. The molecule has 0 heterocycles. The lowest BCUT2D eigenvalue weighted by molar-refractivity contribution is -0.139. The maximum atomic E-state index is 11.8. The van der Waals surface area contributed by atoms with Gasteiger partial charge >= 0.3 is 15.0 Å². The summed E-state index contributed by atoms with van der Waals surface area (Å²) in [6.07, 6.45) is 1.43. The first-order chi connectivity index (χ1) is 6.37. The van der Waals surface area contributed by atoms with E-state index in [2.05, 4.69) is 4.74 Å². The van der Waals surface area contributed by atoms with E-state index in [0.717, 1.165) is 0 Å². The van der Waals surface area contributed by atoms with E-state index in [1.165, 1.54) is 0 Å². The van der Waals surface area contributed by atoms with Gasteiger partial charge < -0.3 is 4.74 Å². The van der Waals surface area contributed by atoms with Crippen LogP contribution >= 0.6 is 0 Å². The zero-order chi connectivity index (χ0) is 11.2. The minimum Gasteiger partial charge on any atom is -0.462 e. The van der Waals surface area contributed by atoms with E-state index < -0.39 is 21.1 Å². The first-order valence-electron chi connectivity index (χ1n) is 4.23. The fourth-order valence-corrected chi connectivity index (χ4v) is 1.21. The van der Waals surface area contributed by atoms with Crippen molar-refractivity contribution >= 4 is 15.0 Å². The molecule has 0 aliphatic carbocycles. The Balaban J connectivity index is 3.61. The van der Waals surface area contributed by atoms with Crippen LogP contribution in [-0.4, -0.2) is 21.7 Å². The van der Waals surface area contributed by atoms with Gasteiger partial charge in [-0.2, -0.15) is 0 Å². The molecule has 82 valence electrons. The van der Waals surface area contributed by atoms with Crippen molar-refractivity contribution in [2.75, 3.05) is 6.61 Å². The lowest BCUT2D eigenvalue weighted by Gasteiger charge is -2.04. The number of rotatable bonds is 5. The molecule has 0 amide bonds. The Hall–Kier alpha value is -0.783. The molecule has 0 unspecified atom stereocenters. The zero-order valence-electron chi connectivity index (χ0n) is 8.15. The maximum absolute atomic E-state index is 11.8. The quantitative estimate of drug-likeness (QED) is 0.237. The van der Waals surface area contributed by atoms with E-state index in [-0.39, 0.29) is 13.0 Å². The molecule has 0 aromatic rings. The molecule has 0 aliphatic heterocycles. The molecule has 0 saturated carbocycles. The van der Waals surface area contributed by atoms with Crippen LogP contribution in [0.3, 0.4) is 0 Å². The second kappa shape index (κ2) is 5.84. The van der Waals surface area contributed by atoms with Crippen molar-refractivity contribution in [3.8, 4) is 0 Å². The molecule has 0 radical (unpaired) electrons. The molecule has 0 aromatic heterocycles. The molecule has 0 rings (SSSR count). The minimum atomic E-state index is -5.47. The summed E-state index contributed by atoms with van der Waals surface area (Å²) in [6, 6.07) is -0.783. The molecule has 2 nitrogen and oxygen atoms in total. The molecule has 0 spiro atoms. The van der Waals surface area contributed by atoms with Crippen molar-refractivity contribution in [3.63, 3.8) is 0 Å². The van der Waals surface area contributed by atoms with Gasteiger partial charge in [-0.1, -0.05) is 6.08 Å². The summed E-state index contributed by atoms with van der Waals surface area (Å²) in [5.74, 6) is -0.545. The van der Waals surface area contributed by atoms with Crippen molar-refractivity contribution < 1.29 is 21.9 Å². The molecule has 0 saturated heterocycles. The molecular formula is C8H13F3O2Si. The average molecular weight is 226 g/mol. The number of carbonyl (C=O) groups excluding carboxylic acids is 1. The van der Waals surface area contributed by atoms with Crippen LogP contribution in [0.15, 0.2) is 11.6 Å². The van der Waals surface area contributed by atoms with Gasteiger partial charge in [0.1, 0.15) is 0 Å². The highest BCUT2D eigenvalue weighted by Crippen LogP contribution is 2.16. The minimum absolute atomic E-state index is 0.127. The topological polar surface area (TPSA) is 26.3 Å². The van der Waals surface area contributed by atoms with Crippen LogP contribution in [0.25, 0.3) is 0 Å². The van der Waals surface area contributed by atoms with Crippen LogP contribution < -0.4 is 0 Å². The summed E-state index contributed by atoms with van der Waals surface area (Å²) < 4.78 is 40.0. The zero-order valence-corrected chi connectivity index (χ0v) is 9.15. The fourth-order valence-electron chi connectivity index (χ4n) is 0.669. The highest BCUT2D eigenvalue weighted by Gasteiger charge is 2.35. The van der Waals surface area contributed by atoms with E-state index in [1.54, 1.807) is 19.9 Å². The molecular weight excluding hydrogens is 213 g/mol. The van der Waals surface area contributed by atoms with Crippen LogP contribution in [0.5, 0.6) is 0 Å². The van der Waals surface area contributed by atoms with E-state index in [9.17, 15) is 17.1 Å². The third-order valence-corrected chi connectivity index (χ3v) is 2.51. The highest BCUT2D eigenvalue weighted by molar-refractivity contribution is 6.58. The smallest absolute Gasteiger partial charge is 0.462 e. The number of ether oxygens (including phenoxy) is 1. The lowest BCUT2D eigenvalue weighted by atomic mass is 10.3. The molecule has 0 fully saturated rings. The largest absolute Gasteiger partial charge is 0.616 e. The normalized spacial score (nSPS) is 12.8. The summed E-state index contributed by atoms with van der Waals surface area (Å²) in [7, 11) is -5.47. The predicted molar refractivity (Wildman–Crippen MR) is 48.9 cm³/mol. The molecule has 0 atom stereocenters. The molecule has 0 aliphatic rings. The van der Waals surface area contributed by atoms with Crippen molar-refractivity contribution in [2.45, 2.75) is 26.3 Å². The summed E-state index contributed by atoms with van der Waals surface area (Å²) in [5, 5.41) is 0. The second-order valence-electron chi connectivity index (χ2n) is 2.83. The Labute approximate surface area is 82.3 Å². The number of allylic oxidation sites excluding steroid dienone is 1. The number of carbonyl (C=O) groups is 1. The first-order valence-corrected chi connectivity index (χ1v) is 6.07. The van der Waals surface area contributed by atoms with Crippen LogP contribution in [-0.2, 0) is 9.53 Å². The average Bonchev–Trinajstić information content (AvgIpc) is 2.09. The van der Waals surface area contributed by atoms with E-state index in [0.29, 0.717) is 5.57 Å². The maximum Gasteiger partial charge on any atom is 0.616 e. The number of halogens is 3. The van der Waals surface area contributed by atoms with Crippen LogP contribution in [0.4, 0.5) is 12.3 Å². The monoisotopic (exact) mass is 226 g/mol. The van der Waals surface area contributed by atoms with Crippen LogP contribution in [0.1, 0.15) is 20.3 Å². The molecule has 14 heavy (non-hydrogen) atoms. The fraction of sp³-hybridized carbons (Fsp3) is 0.625. The second-order valence-corrected chi connectivity index (χ2v) is 4.56. The van der Waals surface area contributed by atoms with Gasteiger partial charge in [0.15, 0.2) is 0 Å². The number of hydrogen-bond acceptors (Lipinski definition) is 2. The Bertz CT molecular complexity index is 223. The van der Waals surface area contributed by atoms with Crippen molar-refractivity contribution in [1.82, 2.24) is 0 Å². The Morgan fingerprint density at radius 2 is 2.00 bits per heavy atom. The third-order valence-electron chi connectivity index (χ3n) is 1.59. The van der Waals surface area contributed by atoms with Crippen molar-refractivity contribution in [2.24, 2.45) is 0 Å². The first kappa shape index (κ1) is 13.2. The molecule has 0 aromatic carbocycles. The lowest BCUT2D eigenvalue weighted by Crippen LogP contribution is -2.16. The highest BCUT2D eigenvalue weighted by atomic mass is 28.5. The Morgan fingerprint density at radius 3 is 2.43 bits per heavy atom. The van der Waals surface area contributed by atoms with Crippen molar-refractivity contribution in [3.05, 3.63) is 11.6 Å². The SMILES string of the molecule is CC=C(C)C(=O)OCCC[Si](F)(F)F. The van der Waals surface area contributed by atoms with Gasteiger partial charge in [0, 0.05) is 11.6 Å². The standard InChI is InChI=1S/C8H13F3O2Si/c1-3-7(2)8(12)13-5-4-6-14(9,10)11/h3H,4-6H2,1-2H3. The molecule has 6 heteroatoms. The Kier molecular flexibility index (Phi) is 5.52. The van der Waals surface area contributed by atoms with Gasteiger partial charge in [-0.05, 0) is 20.3 Å². The predicted octanol–water partition coefficient (Wildman–Crippen LogP) is 2.73. The van der Waals surface area contributed by atoms with Crippen LogP contribution in [0, 0.1) is 0 Å². The number of hydrogen-bond donors (Lipinski definition) is 0. The van der Waals surface area contributed by atoms with Gasteiger partial charge in [-0.3, -0.25) is 0 Å². The van der Waals surface area contributed by atoms with Gasteiger partial charge in [-0.25, -0.2) is 17.1 Å². The summed E-state index contributed by atoms with van der Waals surface area (Å²) in [5.41, 5.74) is 0.411. The van der Waals surface area contributed by atoms with Crippen LogP contribution in [0.2, 0.25) is 6.04 Å². The van der Waals surface area contributed by atoms with Gasteiger partial charge in [0.2, 0.25) is 0 Å². The Morgan fingerprint density at radius 1 is 1.43 bits per heavy atom. The molecule has 0 bridgehead atoms. The van der Waals surface area contributed by atoms with Crippen molar-refractivity contribution in [1.29, 1.82) is 0 Å². The number of esters is 1. The van der Waals surface area contributed by atoms with E-state index in [1.807, 2.05) is 0 Å². The van der Waals surface area contributed by atoms with E-state index in [4.69, 9.17) is 0 Å². The van der Waals surface area contributed by atoms with Gasteiger partial charge in [-0.15, -0.1) is 0 Å². The van der Waals surface area contributed by atoms with Gasteiger partial charge in [0.05, 0.1) is 6.61 Å². The van der Waals surface area contributed by atoms with E-state index >= 15 is 0 Å². The third kappa shape index (κ3) is 6.70. The van der Waals surface area contributed by atoms with Gasteiger partial charge in [0.25, 0.3) is 0 Å².